The molecule has 13 nitrogen and oxygen atoms in total. The Morgan fingerprint density at radius 3 is 2.76 bits per heavy atom. The summed E-state index contributed by atoms with van der Waals surface area (Å²) in [5.41, 5.74) is 5.30. The number of carboxylic acid groups (broad SMARTS) is 1. The number of allylic oxidation sites excluding steroid dienone is 1. The number of carboxylic acids is 1. The number of alkyl carbamates (subject to hydrolysis) is 1. The molecule has 2 aliphatic heterocycles. The summed E-state index contributed by atoms with van der Waals surface area (Å²) in [7, 11) is 0. The Balaban J connectivity index is 1.68. The molecule has 0 aliphatic carbocycles. The van der Waals surface area contributed by atoms with E-state index in [-0.39, 0.29) is 34.9 Å². The van der Waals surface area contributed by atoms with Crippen LogP contribution in [-0.2, 0) is 19.1 Å². The van der Waals surface area contributed by atoms with Gasteiger partial charge in [0.2, 0.25) is 0 Å². The molecular weight excluding hydrogens is 488 g/mol. The third kappa shape index (κ3) is 5.31. The second kappa shape index (κ2) is 10.6. The van der Waals surface area contributed by atoms with Gasteiger partial charge < -0.3 is 31.4 Å². The number of hydrogen-bond donors (Lipinski definition) is 5. The zero-order valence-corrected chi connectivity index (χ0v) is 19.7. The molecule has 1 aromatic heterocycles. The highest BCUT2D eigenvalue weighted by Crippen LogP contribution is 2.40. The molecule has 34 heavy (non-hydrogen) atoms. The fraction of sp³-hybridized carbons (Fsp3) is 0.368. The van der Waals surface area contributed by atoms with Gasteiger partial charge in [-0.1, -0.05) is 11.2 Å². The fourth-order valence-electron chi connectivity index (χ4n) is 3.18. The van der Waals surface area contributed by atoms with Crippen molar-refractivity contribution in [1.29, 1.82) is 0 Å². The number of aromatic nitrogens is 1. The number of nitrogens with two attached hydrogens (primary N) is 1. The number of nitrogen functional groups attached to an aromatic ring is 1. The van der Waals surface area contributed by atoms with Crippen LogP contribution in [0.25, 0.3) is 0 Å². The number of fused-ring (bicyclic) bond motifs is 1. The summed E-state index contributed by atoms with van der Waals surface area (Å²) >= 11 is 2.30. The number of amides is 3. The van der Waals surface area contributed by atoms with Crippen molar-refractivity contribution < 1.29 is 34.2 Å². The van der Waals surface area contributed by atoms with Gasteiger partial charge in [0, 0.05) is 17.2 Å². The van der Waals surface area contributed by atoms with E-state index in [1.54, 1.807) is 13.8 Å². The monoisotopic (exact) mass is 510 g/mol. The molecule has 3 heterocycles. The van der Waals surface area contributed by atoms with Gasteiger partial charge in [-0.3, -0.25) is 14.5 Å². The minimum Gasteiger partial charge on any atom is -0.477 e. The highest BCUT2D eigenvalue weighted by atomic mass is 32.2. The number of carbonyl (C=O) groups is 4. The Bertz CT molecular complexity index is 1100. The Morgan fingerprint density at radius 1 is 1.44 bits per heavy atom. The van der Waals surface area contributed by atoms with E-state index >= 15 is 0 Å². The molecule has 0 radical (unpaired) electrons. The standard InChI is InChI=1S/C19H22N6O7S2/c1-8(2)21-19(30)32-5-3-4-9-6-33-16-12(15(27)25(16)13(9)17(28)29)23-14(26)11(24-31)10-7-34-18(20)22-10/h3-4,7-8,12,16,31H,5-6H2,1-2H3,(H2,20,22)(H,21,30)(H,23,26)(H,28,29)/b4-3-,24-11-/t12?,16-/m1/s1. The van der Waals surface area contributed by atoms with Crippen LogP contribution < -0.4 is 16.4 Å². The largest absolute Gasteiger partial charge is 0.477 e. The molecule has 1 unspecified atom stereocenters. The topological polar surface area (TPSA) is 197 Å². The second-order valence-electron chi connectivity index (χ2n) is 7.36. The number of anilines is 1. The van der Waals surface area contributed by atoms with Gasteiger partial charge in [-0.2, -0.15) is 0 Å². The van der Waals surface area contributed by atoms with Crippen LogP contribution in [0.3, 0.4) is 0 Å². The summed E-state index contributed by atoms with van der Waals surface area (Å²) < 4.78 is 4.97. The second-order valence-corrected chi connectivity index (χ2v) is 9.35. The predicted molar refractivity (Wildman–Crippen MR) is 123 cm³/mol. The molecule has 1 aromatic rings. The molecular formula is C19H22N6O7S2. The van der Waals surface area contributed by atoms with Crippen LogP contribution in [-0.4, -0.2) is 79.6 Å². The lowest BCUT2D eigenvalue weighted by atomic mass is 10.0. The molecule has 2 aliphatic rings. The van der Waals surface area contributed by atoms with Crippen LogP contribution in [0, 0.1) is 0 Å². The zero-order valence-electron chi connectivity index (χ0n) is 18.0. The van der Waals surface area contributed by atoms with Gasteiger partial charge in [0.25, 0.3) is 11.8 Å². The Labute approximate surface area is 201 Å². The number of ether oxygens (including phenoxy) is 1. The number of β-lactam (4-membered cyclic amide) rings is 1. The predicted octanol–water partition coefficient (Wildman–Crippen LogP) is 0.333. The average molecular weight is 511 g/mol. The van der Waals surface area contributed by atoms with Crippen LogP contribution in [0.2, 0.25) is 0 Å². The van der Waals surface area contributed by atoms with Gasteiger partial charge in [0.15, 0.2) is 10.8 Å². The normalized spacial score (nSPS) is 20.3. The van der Waals surface area contributed by atoms with Crippen molar-refractivity contribution in [2.75, 3.05) is 18.1 Å². The third-order valence-corrected chi connectivity index (χ3v) is 6.58. The van der Waals surface area contributed by atoms with Gasteiger partial charge in [-0.05, 0) is 25.5 Å². The number of thioether (sulfide) groups is 1. The van der Waals surface area contributed by atoms with Crippen molar-refractivity contribution in [2.24, 2.45) is 5.16 Å². The Kier molecular flexibility index (Phi) is 7.78. The van der Waals surface area contributed by atoms with E-state index in [2.05, 4.69) is 20.8 Å². The molecule has 0 saturated carbocycles. The summed E-state index contributed by atoms with van der Waals surface area (Å²) in [6, 6.07) is -1.11. The van der Waals surface area contributed by atoms with E-state index in [0.29, 0.717) is 5.57 Å². The van der Waals surface area contributed by atoms with Crippen LogP contribution in [0.5, 0.6) is 0 Å². The molecule has 0 aromatic carbocycles. The fourth-order valence-corrected chi connectivity index (χ4v) is 5.05. The van der Waals surface area contributed by atoms with Crippen molar-refractivity contribution in [3.8, 4) is 0 Å². The molecule has 6 N–H and O–H groups in total. The number of rotatable bonds is 8. The van der Waals surface area contributed by atoms with Crippen molar-refractivity contribution in [3.05, 3.63) is 34.5 Å². The van der Waals surface area contributed by atoms with E-state index in [1.807, 2.05) is 0 Å². The lowest BCUT2D eigenvalue weighted by molar-refractivity contribution is -0.150. The molecule has 0 spiro atoms. The first kappa shape index (κ1) is 25.0. The van der Waals surface area contributed by atoms with E-state index < -0.39 is 41.0 Å². The lowest BCUT2D eigenvalue weighted by Crippen LogP contribution is -2.71. The summed E-state index contributed by atoms with van der Waals surface area (Å²) in [6.07, 6.45) is 2.36. The Hall–Kier alpha value is -3.59. The number of thiazole rings is 1. The van der Waals surface area contributed by atoms with Crippen LogP contribution in [0.15, 0.2) is 34.0 Å². The number of aliphatic carboxylic acids is 1. The number of nitrogens with zero attached hydrogens (tertiary/aromatic N) is 3. The smallest absolute Gasteiger partial charge is 0.407 e. The van der Waals surface area contributed by atoms with Crippen molar-refractivity contribution >= 4 is 57.8 Å². The van der Waals surface area contributed by atoms with Crippen molar-refractivity contribution in [1.82, 2.24) is 20.5 Å². The van der Waals surface area contributed by atoms with E-state index in [0.717, 1.165) is 16.2 Å². The first-order valence-electron chi connectivity index (χ1n) is 9.89. The maximum Gasteiger partial charge on any atom is 0.407 e. The highest BCUT2D eigenvalue weighted by molar-refractivity contribution is 8.00. The first-order valence-corrected chi connectivity index (χ1v) is 11.8. The number of carbonyl (C=O) groups excluding carboxylic acids is 3. The number of hydrogen-bond acceptors (Lipinski definition) is 11. The van der Waals surface area contributed by atoms with Gasteiger partial charge in [-0.25, -0.2) is 14.6 Å². The quantitative estimate of drug-likeness (QED) is 0.141. The molecule has 2 atom stereocenters. The van der Waals surface area contributed by atoms with Crippen LogP contribution in [0.1, 0.15) is 19.5 Å². The Morgan fingerprint density at radius 2 is 2.18 bits per heavy atom. The molecule has 15 heteroatoms. The summed E-state index contributed by atoms with van der Waals surface area (Å²) in [6.45, 7) is 3.48. The van der Waals surface area contributed by atoms with Gasteiger partial charge in [0.1, 0.15) is 29.4 Å². The van der Waals surface area contributed by atoms with E-state index in [9.17, 15) is 29.5 Å². The lowest BCUT2D eigenvalue weighted by Gasteiger charge is -2.49. The van der Waals surface area contributed by atoms with Crippen LogP contribution in [0.4, 0.5) is 9.93 Å². The highest BCUT2D eigenvalue weighted by Gasteiger charge is 2.54. The maximum atomic E-state index is 12.7. The summed E-state index contributed by atoms with van der Waals surface area (Å²) in [5, 5.41) is 27.8. The SMILES string of the molecule is CC(C)NC(=O)OC/C=C\C1=C(C(=O)O)N2C(=O)C(NC(=O)/C(=N\O)c3csc(N)n3)[C@H]2SC1. The maximum absolute atomic E-state index is 12.7. The molecule has 182 valence electrons. The number of oxime groups is 1. The first-order chi connectivity index (χ1) is 16.1. The van der Waals surface area contributed by atoms with Gasteiger partial charge in [-0.15, -0.1) is 23.1 Å². The molecule has 3 rings (SSSR count). The summed E-state index contributed by atoms with van der Waals surface area (Å²) in [5.74, 6) is -2.55. The molecule has 1 saturated heterocycles. The average Bonchev–Trinajstić information content (AvgIpc) is 3.20. The van der Waals surface area contributed by atoms with E-state index in [4.69, 9.17) is 10.5 Å². The zero-order chi connectivity index (χ0) is 25.0. The minimum absolute atomic E-state index is 0.0465. The number of nitrogens with one attached hydrogen (secondary N) is 2. The molecule has 0 bridgehead atoms. The molecule has 3 amide bonds. The minimum atomic E-state index is -1.31. The van der Waals surface area contributed by atoms with Crippen LogP contribution >= 0.6 is 23.1 Å². The van der Waals surface area contributed by atoms with Crippen molar-refractivity contribution in [3.63, 3.8) is 0 Å². The van der Waals surface area contributed by atoms with Crippen molar-refractivity contribution in [2.45, 2.75) is 31.3 Å². The van der Waals surface area contributed by atoms with Gasteiger partial charge in [0.05, 0.1) is 0 Å². The van der Waals surface area contributed by atoms with Gasteiger partial charge >= 0.3 is 12.1 Å². The molecule has 1 fully saturated rings. The van der Waals surface area contributed by atoms with E-state index in [1.165, 1.54) is 29.3 Å². The third-order valence-electron chi connectivity index (χ3n) is 4.60. The summed E-state index contributed by atoms with van der Waals surface area (Å²) in [4.78, 5) is 53.6.